The van der Waals surface area contributed by atoms with Gasteiger partial charge >= 0.3 is 0 Å². The summed E-state index contributed by atoms with van der Waals surface area (Å²) in [5, 5.41) is 2.16. The SMILES string of the molecule is O=C1N(Cc2ccccc2Cl)O/C(=C\c2ccccc2)C12CCCCC2. The quantitative estimate of drug-likeness (QED) is 0.706. The van der Waals surface area contributed by atoms with E-state index in [0.717, 1.165) is 42.6 Å². The maximum Gasteiger partial charge on any atom is 0.269 e. The summed E-state index contributed by atoms with van der Waals surface area (Å²) in [4.78, 5) is 19.4. The van der Waals surface area contributed by atoms with E-state index in [1.165, 1.54) is 11.5 Å². The largest absolute Gasteiger partial charge is 0.380 e. The molecule has 0 unspecified atom stereocenters. The van der Waals surface area contributed by atoms with Gasteiger partial charge < -0.3 is 4.84 Å². The summed E-state index contributed by atoms with van der Waals surface area (Å²) in [5.74, 6) is 0.847. The van der Waals surface area contributed by atoms with Crippen molar-refractivity contribution in [2.75, 3.05) is 0 Å². The lowest BCUT2D eigenvalue weighted by molar-refractivity contribution is -0.160. The molecule has 0 aromatic heterocycles. The molecule has 1 aliphatic carbocycles. The van der Waals surface area contributed by atoms with Crippen molar-refractivity contribution in [1.82, 2.24) is 5.06 Å². The molecule has 0 bridgehead atoms. The van der Waals surface area contributed by atoms with Crippen LogP contribution in [0.4, 0.5) is 0 Å². The van der Waals surface area contributed by atoms with Crippen LogP contribution in [0.3, 0.4) is 0 Å². The number of amides is 1. The first kappa shape index (κ1) is 17.2. The molecule has 4 rings (SSSR count). The number of carbonyl (C=O) groups is 1. The van der Waals surface area contributed by atoms with E-state index < -0.39 is 5.41 Å². The van der Waals surface area contributed by atoms with Crippen molar-refractivity contribution in [2.45, 2.75) is 38.6 Å². The molecular weight excluding hydrogens is 346 g/mol. The Hall–Kier alpha value is -2.26. The lowest BCUT2D eigenvalue weighted by Gasteiger charge is -2.29. The van der Waals surface area contributed by atoms with Crippen molar-refractivity contribution < 1.29 is 9.63 Å². The van der Waals surface area contributed by atoms with Crippen molar-refractivity contribution >= 4 is 23.6 Å². The molecule has 0 radical (unpaired) electrons. The van der Waals surface area contributed by atoms with Gasteiger partial charge in [0.1, 0.15) is 11.2 Å². The fourth-order valence-electron chi connectivity index (χ4n) is 3.96. The highest BCUT2D eigenvalue weighted by Gasteiger charge is 2.53. The fraction of sp³-hybridized carbons (Fsp3) is 0.318. The van der Waals surface area contributed by atoms with Crippen molar-refractivity contribution in [3.63, 3.8) is 0 Å². The molecular formula is C22H22ClNO2. The number of hydrogen-bond donors (Lipinski definition) is 0. The van der Waals surface area contributed by atoms with E-state index in [9.17, 15) is 4.79 Å². The van der Waals surface area contributed by atoms with Gasteiger partial charge in [0.2, 0.25) is 0 Å². The Balaban J connectivity index is 1.68. The second-order valence-corrected chi connectivity index (χ2v) is 7.49. The third-order valence-corrected chi connectivity index (χ3v) is 5.76. The predicted molar refractivity (Wildman–Crippen MR) is 103 cm³/mol. The summed E-state index contributed by atoms with van der Waals surface area (Å²) in [6.45, 7) is 0.367. The summed E-state index contributed by atoms with van der Waals surface area (Å²) in [7, 11) is 0. The van der Waals surface area contributed by atoms with E-state index in [4.69, 9.17) is 16.4 Å². The van der Waals surface area contributed by atoms with Gasteiger partial charge in [-0.25, -0.2) is 0 Å². The van der Waals surface area contributed by atoms with Crippen molar-refractivity contribution in [3.8, 4) is 0 Å². The predicted octanol–water partition coefficient (Wildman–Crippen LogP) is 5.61. The van der Waals surface area contributed by atoms with E-state index in [0.29, 0.717) is 11.6 Å². The number of nitrogens with zero attached hydrogens (tertiary/aromatic N) is 1. The number of benzene rings is 2. The highest BCUT2D eigenvalue weighted by molar-refractivity contribution is 6.31. The Kier molecular flexibility index (Phi) is 4.73. The molecule has 0 N–H and O–H groups in total. The van der Waals surface area contributed by atoms with Crippen LogP contribution in [-0.4, -0.2) is 11.0 Å². The molecule has 26 heavy (non-hydrogen) atoms. The first-order chi connectivity index (χ1) is 12.7. The lowest BCUT2D eigenvalue weighted by Crippen LogP contribution is -2.36. The van der Waals surface area contributed by atoms with Gasteiger partial charge in [-0.15, -0.1) is 0 Å². The van der Waals surface area contributed by atoms with Gasteiger partial charge in [-0.05, 0) is 36.1 Å². The number of hydroxylamine groups is 2. The van der Waals surface area contributed by atoms with E-state index in [-0.39, 0.29) is 5.91 Å². The van der Waals surface area contributed by atoms with Crippen molar-refractivity contribution in [1.29, 1.82) is 0 Å². The van der Waals surface area contributed by atoms with Crippen LogP contribution in [0.1, 0.15) is 43.2 Å². The highest BCUT2D eigenvalue weighted by atomic mass is 35.5. The Morgan fingerprint density at radius 1 is 1.00 bits per heavy atom. The van der Waals surface area contributed by atoms with E-state index in [2.05, 4.69) is 0 Å². The van der Waals surface area contributed by atoms with Crippen LogP contribution in [-0.2, 0) is 16.2 Å². The minimum absolute atomic E-state index is 0.0688. The van der Waals surface area contributed by atoms with Crippen LogP contribution in [0.25, 0.3) is 6.08 Å². The van der Waals surface area contributed by atoms with Crippen LogP contribution in [0.5, 0.6) is 0 Å². The van der Waals surface area contributed by atoms with Gasteiger partial charge in [-0.2, -0.15) is 5.06 Å². The smallest absolute Gasteiger partial charge is 0.269 e. The maximum absolute atomic E-state index is 13.3. The van der Waals surface area contributed by atoms with Gasteiger partial charge in [-0.3, -0.25) is 4.79 Å². The molecule has 1 saturated carbocycles. The molecule has 4 heteroatoms. The zero-order valence-electron chi connectivity index (χ0n) is 14.7. The molecule has 1 saturated heterocycles. The average Bonchev–Trinajstić information content (AvgIpc) is 2.91. The topological polar surface area (TPSA) is 29.5 Å². The lowest BCUT2D eigenvalue weighted by atomic mass is 9.72. The number of rotatable bonds is 3. The maximum atomic E-state index is 13.3. The summed E-state index contributed by atoms with van der Waals surface area (Å²) < 4.78 is 0. The molecule has 3 nitrogen and oxygen atoms in total. The van der Waals surface area contributed by atoms with E-state index in [1.807, 2.05) is 60.7 Å². The van der Waals surface area contributed by atoms with Crippen LogP contribution < -0.4 is 0 Å². The molecule has 1 aliphatic heterocycles. The molecule has 2 aromatic rings. The Bertz CT molecular complexity index is 825. The fourth-order valence-corrected chi connectivity index (χ4v) is 4.15. The summed E-state index contributed by atoms with van der Waals surface area (Å²) in [6, 6.07) is 17.7. The molecule has 0 atom stereocenters. The summed E-state index contributed by atoms with van der Waals surface area (Å²) >= 11 is 6.29. The highest BCUT2D eigenvalue weighted by Crippen LogP contribution is 2.50. The second kappa shape index (κ2) is 7.16. The molecule has 134 valence electrons. The van der Waals surface area contributed by atoms with Gasteiger partial charge in [0.05, 0.1) is 6.54 Å². The number of halogens is 1. The molecule has 1 heterocycles. The molecule has 2 aliphatic rings. The zero-order valence-corrected chi connectivity index (χ0v) is 15.4. The zero-order chi connectivity index (χ0) is 18.0. The van der Waals surface area contributed by atoms with Crippen molar-refractivity contribution in [3.05, 3.63) is 76.5 Å². The van der Waals surface area contributed by atoms with Crippen LogP contribution in [0.2, 0.25) is 5.02 Å². The first-order valence-electron chi connectivity index (χ1n) is 9.20. The first-order valence-corrected chi connectivity index (χ1v) is 9.57. The van der Waals surface area contributed by atoms with Gasteiger partial charge in [0.15, 0.2) is 0 Å². The summed E-state index contributed by atoms with van der Waals surface area (Å²) in [6.07, 6.45) is 7.02. The monoisotopic (exact) mass is 367 g/mol. The standard InChI is InChI=1S/C22H22ClNO2/c23-19-12-6-5-11-18(19)16-24-21(25)22(13-7-2-8-14-22)20(26-24)15-17-9-3-1-4-10-17/h1,3-6,9-12,15H,2,7-8,13-14,16H2/b20-15-. The molecule has 1 amide bonds. The second-order valence-electron chi connectivity index (χ2n) is 7.09. The molecule has 2 aromatic carbocycles. The van der Waals surface area contributed by atoms with Crippen molar-refractivity contribution in [2.24, 2.45) is 5.41 Å². The van der Waals surface area contributed by atoms with Crippen LogP contribution >= 0.6 is 11.6 Å². The molecule has 2 fully saturated rings. The normalized spacial score (nSPS) is 20.6. The van der Waals surface area contributed by atoms with Crippen LogP contribution in [0, 0.1) is 5.41 Å². The Labute approximate surface area is 159 Å². The van der Waals surface area contributed by atoms with Gasteiger partial charge in [-0.1, -0.05) is 79.4 Å². The van der Waals surface area contributed by atoms with Gasteiger partial charge in [0.25, 0.3) is 5.91 Å². The minimum Gasteiger partial charge on any atom is -0.380 e. The molecule has 1 spiro atoms. The van der Waals surface area contributed by atoms with Crippen LogP contribution in [0.15, 0.2) is 60.4 Å². The van der Waals surface area contributed by atoms with E-state index >= 15 is 0 Å². The minimum atomic E-state index is -0.519. The third-order valence-electron chi connectivity index (χ3n) is 5.39. The third kappa shape index (κ3) is 3.12. The summed E-state index contributed by atoms with van der Waals surface area (Å²) in [5.41, 5.74) is 1.43. The Morgan fingerprint density at radius 2 is 1.69 bits per heavy atom. The Morgan fingerprint density at radius 3 is 2.42 bits per heavy atom. The number of hydrogen-bond acceptors (Lipinski definition) is 2. The average molecular weight is 368 g/mol. The van der Waals surface area contributed by atoms with E-state index in [1.54, 1.807) is 0 Å². The number of carbonyl (C=O) groups excluding carboxylic acids is 1. The van der Waals surface area contributed by atoms with Gasteiger partial charge in [0, 0.05) is 5.02 Å².